The first kappa shape index (κ1) is 21.4. The summed E-state index contributed by atoms with van der Waals surface area (Å²) in [5.74, 6) is 2.02. The number of aromatic amines is 1. The molecule has 0 aliphatic heterocycles. The number of methoxy groups -OCH3 is 1. The lowest BCUT2D eigenvalue weighted by atomic mass is 9.85. The maximum absolute atomic E-state index is 5.56. The van der Waals surface area contributed by atoms with Crippen LogP contribution in [0.25, 0.3) is 10.9 Å². The van der Waals surface area contributed by atoms with Gasteiger partial charge in [-0.05, 0) is 40.5 Å². The number of hydrogen-bond donors (Lipinski definition) is 1. The van der Waals surface area contributed by atoms with Crippen LogP contribution in [0, 0.1) is 0 Å². The second kappa shape index (κ2) is 10.0. The lowest BCUT2D eigenvalue weighted by Gasteiger charge is -2.28. The Morgan fingerprint density at radius 3 is 2.06 bits per heavy atom. The molecule has 0 unspecified atom stereocenters. The van der Waals surface area contributed by atoms with E-state index in [2.05, 4.69) is 114 Å². The van der Waals surface area contributed by atoms with E-state index >= 15 is 0 Å². The minimum absolute atomic E-state index is 0.183. The van der Waals surface area contributed by atoms with Crippen molar-refractivity contribution in [3.63, 3.8) is 0 Å². The topological polar surface area (TPSA) is 25.0 Å². The zero-order valence-electron chi connectivity index (χ0n) is 18.6. The molecule has 2 nitrogen and oxygen atoms in total. The predicted molar refractivity (Wildman–Crippen MR) is 140 cm³/mol. The Hall–Kier alpha value is -3.43. The Morgan fingerprint density at radius 2 is 1.39 bits per heavy atom. The van der Waals surface area contributed by atoms with Crippen molar-refractivity contribution < 1.29 is 4.74 Å². The Kier molecular flexibility index (Phi) is 6.50. The van der Waals surface area contributed by atoms with Crippen LogP contribution < -0.4 is 4.74 Å². The molecule has 0 aliphatic carbocycles. The molecule has 5 rings (SSSR count). The average molecular weight is 450 g/mol. The zero-order chi connectivity index (χ0) is 22.5. The van der Waals surface area contributed by atoms with Crippen molar-refractivity contribution in [2.75, 3.05) is 7.11 Å². The quantitative estimate of drug-likeness (QED) is 0.260. The summed E-state index contributed by atoms with van der Waals surface area (Å²) in [5.41, 5.74) is 6.42. The summed E-state index contributed by atoms with van der Waals surface area (Å²) < 4.78 is 5.56. The molecule has 2 atom stereocenters. The number of thioether (sulfide) groups is 1. The van der Waals surface area contributed by atoms with Gasteiger partial charge in [0.15, 0.2) is 0 Å². The molecule has 164 valence electrons. The Bertz CT molecular complexity index is 1300. The number of fused-ring (bicyclic) bond motifs is 1. The van der Waals surface area contributed by atoms with Crippen LogP contribution in [0.2, 0.25) is 0 Å². The fourth-order valence-corrected chi connectivity index (χ4v) is 5.88. The molecule has 3 heteroatoms. The second-order valence-corrected chi connectivity index (χ2v) is 9.30. The van der Waals surface area contributed by atoms with Crippen molar-refractivity contribution in [3.05, 3.63) is 138 Å². The van der Waals surface area contributed by atoms with Gasteiger partial charge in [-0.15, -0.1) is 11.8 Å². The van der Waals surface area contributed by atoms with E-state index in [1.807, 2.05) is 17.8 Å². The number of rotatable bonds is 8. The first-order chi connectivity index (χ1) is 16.3. The van der Waals surface area contributed by atoms with Gasteiger partial charge < -0.3 is 9.72 Å². The summed E-state index contributed by atoms with van der Waals surface area (Å²) in [4.78, 5) is 3.51. The fraction of sp³-hybridized carbons (Fsp3) is 0.133. The molecule has 1 heterocycles. The molecule has 33 heavy (non-hydrogen) atoms. The molecule has 0 fully saturated rings. The number of nitrogens with one attached hydrogen (secondary N) is 1. The van der Waals surface area contributed by atoms with E-state index in [9.17, 15) is 0 Å². The number of hydrogen-bond acceptors (Lipinski definition) is 2. The van der Waals surface area contributed by atoms with Gasteiger partial charge in [0.1, 0.15) is 5.75 Å². The van der Waals surface area contributed by atoms with Gasteiger partial charge in [0.2, 0.25) is 0 Å². The van der Waals surface area contributed by atoms with E-state index in [0.29, 0.717) is 0 Å². The molecule has 0 aliphatic rings. The van der Waals surface area contributed by atoms with Gasteiger partial charge in [-0.1, -0.05) is 91.0 Å². The molecule has 0 spiro atoms. The molecule has 0 saturated carbocycles. The van der Waals surface area contributed by atoms with Crippen LogP contribution in [0.3, 0.4) is 0 Å². The summed E-state index contributed by atoms with van der Waals surface area (Å²) in [5, 5.41) is 1.46. The third-order valence-electron chi connectivity index (χ3n) is 6.12. The van der Waals surface area contributed by atoms with Gasteiger partial charge in [0.05, 0.1) is 7.11 Å². The van der Waals surface area contributed by atoms with Crippen LogP contribution in [0.15, 0.2) is 115 Å². The van der Waals surface area contributed by atoms with Crippen LogP contribution in [0.1, 0.15) is 33.4 Å². The van der Waals surface area contributed by atoms with E-state index in [1.165, 1.54) is 27.6 Å². The van der Waals surface area contributed by atoms with Crippen LogP contribution in [-0.4, -0.2) is 12.1 Å². The third-order valence-corrected chi connectivity index (χ3v) is 7.52. The largest absolute Gasteiger partial charge is 0.497 e. The highest BCUT2D eigenvalue weighted by molar-refractivity contribution is 7.98. The Morgan fingerprint density at radius 1 is 0.758 bits per heavy atom. The van der Waals surface area contributed by atoms with Crippen molar-refractivity contribution in [2.24, 2.45) is 0 Å². The number of benzene rings is 4. The first-order valence-corrected chi connectivity index (χ1v) is 12.3. The monoisotopic (exact) mass is 449 g/mol. The van der Waals surface area contributed by atoms with Gasteiger partial charge in [-0.25, -0.2) is 0 Å². The maximum atomic E-state index is 5.56. The van der Waals surface area contributed by atoms with E-state index in [-0.39, 0.29) is 11.2 Å². The lowest BCUT2D eigenvalue weighted by Crippen LogP contribution is -2.11. The molecule has 0 saturated heterocycles. The van der Waals surface area contributed by atoms with Crippen molar-refractivity contribution in [2.45, 2.75) is 16.9 Å². The zero-order valence-corrected chi connectivity index (χ0v) is 19.5. The minimum atomic E-state index is 0.183. The van der Waals surface area contributed by atoms with E-state index < -0.39 is 0 Å². The molecule has 0 amide bonds. The van der Waals surface area contributed by atoms with Gasteiger partial charge in [-0.3, -0.25) is 0 Å². The fourth-order valence-electron chi connectivity index (χ4n) is 4.47. The maximum Gasteiger partial charge on any atom is 0.119 e. The van der Waals surface area contributed by atoms with Crippen LogP contribution in [0.5, 0.6) is 5.75 Å². The summed E-state index contributed by atoms with van der Waals surface area (Å²) in [7, 11) is 1.73. The molecular weight excluding hydrogens is 422 g/mol. The van der Waals surface area contributed by atoms with Gasteiger partial charge in [0.25, 0.3) is 0 Å². The molecule has 1 N–H and O–H groups in total. The van der Waals surface area contributed by atoms with Gasteiger partial charge in [-0.2, -0.15) is 0 Å². The lowest BCUT2D eigenvalue weighted by molar-refractivity contribution is 0.415. The smallest absolute Gasteiger partial charge is 0.119 e. The van der Waals surface area contributed by atoms with E-state index in [1.54, 1.807) is 7.11 Å². The highest BCUT2D eigenvalue weighted by atomic mass is 32.2. The Balaban J connectivity index is 1.64. The van der Waals surface area contributed by atoms with Crippen molar-refractivity contribution in [1.29, 1.82) is 0 Å². The molecule has 4 aromatic carbocycles. The molecule has 0 radical (unpaired) electrons. The predicted octanol–water partition coefficient (Wildman–Crippen LogP) is 7.98. The molecule has 0 bridgehead atoms. The second-order valence-electron chi connectivity index (χ2n) is 8.17. The molecule has 1 aromatic heterocycles. The average Bonchev–Trinajstić information content (AvgIpc) is 3.31. The first-order valence-electron chi connectivity index (χ1n) is 11.2. The van der Waals surface area contributed by atoms with Gasteiger partial charge in [0, 0.05) is 34.0 Å². The van der Waals surface area contributed by atoms with E-state index in [4.69, 9.17) is 4.74 Å². The third kappa shape index (κ3) is 4.69. The van der Waals surface area contributed by atoms with Crippen LogP contribution in [0.4, 0.5) is 0 Å². The Labute approximate surface area is 199 Å². The number of H-pyrrole nitrogens is 1. The van der Waals surface area contributed by atoms with Gasteiger partial charge >= 0.3 is 0 Å². The van der Waals surface area contributed by atoms with Crippen LogP contribution in [-0.2, 0) is 5.75 Å². The van der Waals surface area contributed by atoms with Crippen molar-refractivity contribution >= 4 is 22.7 Å². The standard InChI is InChI=1S/C30H27NOS/c1-32-25-17-18-28-26(19-25)27(20-31-28)29(23-13-7-3-8-14-23)30(24-15-9-4-10-16-24)33-21-22-11-5-2-6-12-22/h2-20,29-31H,21H2,1H3/t29-,30+/m1/s1. The molecular formula is C30H27NOS. The summed E-state index contributed by atoms with van der Waals surface area (Å²) >= 11 is 2.00. The van der Waals surface area contributed by atoms with Crippen molar-refractivity contribution in [1.82, 2.24) is 4.98 Å². The summed E-state index contributed by atoms with van der Waals surface area (Å²) in [6, 6.07) is 38.8. The minimum Gasteiger partial charge on any atom is -0.497 e. The highest BCUT2D eigenvalue weighted by Gasteiger charge is 2.29. The summed E-state index contributed by atoms with van der Waals surface area (Å²) in [6.07, 6.45) is 2.18. The normalized spacial score (nSPS) is 13.0. The van der Waals surface area contributed by atoms with Crippen LogP contribution >= 0.6 is 11.8 Å². The highest BCUT2D eigenvalue weighted by Crippen LogP contribution is 2.48. The molecule has 5 aromatic rings. The van der Waals surface area contributed by atoms with Crippen molar-refractivity contribution in [3.8, 4) is 5.75 Å². The number of aromatic nitrogens is 1. The summed E-state index contributed by atoms with van der Waals surface area (Å²) in [6.45, 7) is 0. The SMILES string of the molecule is COc1ccc2[nH]cc([C@@H](c3ccccc3)[C@@H](SCc3ccccc3)c3ccccc3)c2c1. The number of ether oxygens (including phenoxy) is 1. The van der Waals surface area contributed by atoms with E-state index in [0.717, 1.165) is 17.0 Å².